The Morgan fingerprint density at radius 3 is 2.39 bits per heavy atom. The van der Waals surface area contributed by atoms with Gasteiger partial charge in [0.25, 0.3) is 0 Å². The normalized spacial score (nSPS) is 15.2. The molecule has 0 spiro atoms. The number of fused-ring (bicyclic) bond motifs is 2. The standard InChI is InChI=1S/C32H36F2N7O3/c1-18-15-21(16-19(2)27(18)33)41-29(26-20(3)38(12-11-23(26)35-41)31(43)44-32(4,5)6)40-14-13-39(30(40)42)25-10-9-24-22(28(25)34)17-36(7)37(24)8/h9-10,13-17,20H,11-12H2,1-8H3/q+1/t20-/m0/s1. The van der Waals surface area contributed by atoms with Crippen LogP contribution in [0.4, 0.5) is 13.6 Å². The number of hydrogen-bond donors (Lipinski definition) is 0. The van der Waals surface area contributed by atoms with Gasteiger partial charge in [0.15, 0.2) is 12.9 Å². The number of hydrogen-bond acceptors (Lipinski definition) is 4. The van der Waals surface area contributed by atoms with E-state index in [0.717, 1.165) is 0 Å². The van der Waals surface area contributed by atoms with Gasteiger partial charge in [-0.1, -0.05) is 0 Å². The van der Waals surface area contributed by atoms with Crippen LogP contribution >= 0.6 is 0 Å². The molecule has 6 rings (SSSR count). The van der Waals surface area contributed by atoms with E-state index < -0.39 is 29.2 Å². The van der Waals surface area contributed by atoms with Gasteiger partial charge in [-0.25, -0.2) is 23.1 Å². The van der Waals surface area contributed by atoms with Gasteiger partial charge in [0.05, 0.1) is 30.2 Å². The van der Waals surface area contributed by atoms with E-state index in [1.165, 1.54) is 15.3 Å². The fourth-order valence-electron chi connectivity index (χ4n) is 6.01. The van der Waals surface area contributed by atoms with E-state index in [0.29, 0.717) is 57.8 Å². The van der Waals surface area contributed by atoms with Crippen LogP contribution in [0.5, 0.6) is 0 Å². The van der Waals surface area contributed by atoms with Gasteiger partial charge in [0.2, 0.25) is 6.20 Å². The molecule has 2 aromatic carbocycles. The number of imidazole rings is 1. The Labute approximate surface area is 253 Å². The molecule has 0 fully saturated rings. The Morgan fingerprint density at radius 1 is 1.07 bits per heavy atom. The lowest BCUT2D eigenvalue weighted by Gasteiger charge is -2.34. The number of aryl methyl sites for hydroxylation is 4. The van der Waals surface area contributed by atoms with E-state index in [4.69, 9.17) is 9.84 Å². The highest BCUT2D eigenvalue weighted by atomic mass is 19.1. The molecule has 0 aliphatic carbocycles. The minimum absolute atomic E-state index is 0.101. The summed E-state index contributed by atoms with van der Waals surface area (Å²) in [6.07, 6.45) is 4.70. The smallest absolute Gasteiger partial charge is 0.410 e. The summed E-state index contributed by atoms with van der Waals surface area (Å²) in [6, 6.07) is 6.19. The summed E-state index contributed by atoms with van der Waals surface area (Å²) in [7, 11) is 3.64. The van der Waals surface area contributed by atoms with E-state index in [-0.39, 0.29) is 11.5 Å². The van der Waals surface area contributed by atoms with Crippen molar-refractivity contribution in [1.82, 2.24) is 28.5 Å². The summed E-state index contributed by atoms with van der Waals surface area (Å²) >= 11 is 0. The van der Waals surface area contributed by atoms with Crippen molar-refractivity contribution in [3.05, 3.63) is 87.4 Å². The quantitative estimate of drug-likeness (QED) is 0.275. The van der Waals surface area contributed by atoms with E-state index in [1.807, 2.05) is 46.5 Å². The van der Waals surface area contributed by atoms with Gasteiger partial charge >= 0.3 is 11.8 Å². The molecule has 230 valence electrons. The Balaban J connectivity index is 1.56. The molecule has 1 atom stereocenters. The van der Waals surface area contributed by atoms with Crippen molar-refractivity contribution < 1.29 is 23.0 Å². The lowest BCUT2D eigenvalue weighted by Crippen LogP contribution is -2.42. The number of benzene rings is 2. The third kappa shape index (κ3) is 4.59. The molecule has 0 N–H and O–H groups in total. The van der Waals surface area contributed by atoms with Gasteiger partial charge in [0, 0.05) is 30.9 Å². The average Bonchev–Trinajstić information content (AvgIpc) is 3.60. The van der Waals surface area contributed by atoms with E-state index in [9.17, 15) is 14.0 Å². The summed E-state index contributed by atoms with van der Waals surface area (Å²) in [5.74, 6) is -0.453. The van der Waals surface area contributed by atoms with Gasteiger partial charge in [-0.15, -0.1) is 4.68 Å². The van der Waals surface area contributed by atoms with Crippen LogP contribution in [0, 0.1) is 25.5 Å². The first-order chi connectivity index (χ1) is 20.7. The number of nitrogens with zero attached hydrogens (tertiary/aromatic N) is 7. The SMILES string of the molecule is Cc1cc(-n2nc3c(c2-n2ccn(-c4ccc5c(c[n+](C)n5C)c4F)c2=O)[C@H](C)N(C(=O)OC(C)(C)C)CC3)cc(C)c1F. The molecule has 0 saturated heterocycles. The second-order valence-corrected chi connectivity index (χ2v) is 12.5. The van der Waals surface area contributed by atoms with Crippen LogP contribution in [0.1, 0.15) is 56.1 Å². The molecular formula is C32H36F2N7O3+. The minimum Gasteiger partial charge on any atom is -0.444 e. The molecule has 1 aliphatic heterocycles. The van der Waals surface area contributed by atoms with Crippen molar-refractivity contribution in [2.24, 2.45) is 14.1 Å². The lowest BCUT2D eigenvalue weighted by atomic mass is 10.00. The van der Waals surface area contributed by atoms with Gasteiger partial charge in [-0.05, 0) is 76.9 Å². The van der Waals surface area contributed by atoms with Crippen LogP contribution in [0.15, 0.2) is 47.7 Å². The zero-order valence-electron chi connectivity index (χ0n) is 26.1. The molecule has 5 aromatic rings. The van der Waals surface area contributed by atoms with Crippen LogP contribution in [0.3, 0.4) is 0 Å². The zero-order chi connectivity index (χ0) is 31.8. The van der Waals surface area contributed by atoms with Crippen molar-refractivity contribution in [1.29, 1.82) is 0 Å². The van der Waals surface area contributed by atoms with Crippen molar-refractivity contribution in [3.8, 4) is 17.2 Å². The van der Waals surface area contributed by atoms with Crippen molar-refractivity contribution in [2.75, 3.05) is 6.54 Å². The Bertz CT molecular complexity index is 2000. The molecule has 1 amide bonds. The average molecular weight is 605 g/mol. The molecule has 1 aliphatic rings. The molecule has 10 nitrogen and oxygen atoms in total. The van der Waals surface area contributed by atoms with Gasteiger partial charge in [0.1, 0.15) is 28.1 Å². The summed E-state index contributed by atoms with van der Waals surface area (Å²) < 4.78 is 44.1. The maximum atomic E-state index is 15.9. The Morgan fingerprint density at radius 2 is 1.73 bits per heavy atom. The Hall–Kier alpha value is -4.74. The highest BCUT2D eigenvalue weighted by Crippen LogP contribution is 2.36. The van der Waals surface area contributed by atoms with Crippen molar-refractivity contribution >= 4 is 17.0 Å². The van der Waals surface area contributed by atoms with E-state index in [2.05, 4.69) is 0 Å². The first kappa shape index (κ1) is 29.3. The van der Waals surface area contributed by atoms with Crippen molar-refractivity contribution in [2.45, 2.75) is 59.6 Å². The predicted octanol–water partition coefficient (Wildman–Crippen LogP) is 4.88. The summed E-state index contributed by atoms with van der Waals surface area (Å²) in [6.45, 7) is 11.0. The van der Waals surface area contributed by atoms with Crippen LogP contribution in [-0.2, 0) is 25.3 Å². The van der Waals surface area contributed by atoms with Gasteiger partial charge in [-0.2, -0.15) is 9.78 Å². The molecule has 0 unspecified atom stereocenters. The summed E-state index contributed by atoms with van der Waals surface area (Å²) in [5.41, 5.74) is 2.36. The number of halogens is 2. The lowest BCUT2D eigenvalue weighted by molar-refractivity contribution is -0.748. The number of rotatable bonds is 3. The number of aromatic nitrogens is 6. The third-order valence-corrected chi connectivity index (χ3v) is 8.28. The largest absolute Gasteiger partial charge is 0.444 e. The first-order valence-corrected chi connectivity index (χ1v) is 14.5. The minimum atomic E-state index is -0.692. The van der Waals surface area contributed by atoms with Crippen molar-refractivity contribution in [3.63, 3.8) is 0 Å². The predicted molar refractivity (Wildman–Crippen MR) is 161 cm³/mol. The third-order valence-electron chi connectivity index (χ3n) is 8.28. The van der Waals surface area contributed by atoms with E-state index in [1.54, 1.807) is 64.8 Å². The summed E-state index contributed by atoms with van der Waals surface area (Å²) in [4.78, 5) is 29.0. The molecule has 44 heavy (non-hydrogen) atoms. The molecule has 0 saturated carbocycles. The molecule has 4 heterocycles. The monoisotopic (exact) mass is 604 g/mol. The number of ether oxygens (including phenoxy) is 1. The maximum absolute atomic E-state index is 15.9. The fourth-order valence-corrected chi connectivity index (χ4v) is 6.01. The maximum Gasteiger partial charge on any atom is 0.410 e. The summed E-state index contributed by atoms with van der Waals surface area (Å²) in [5, 5.41) is 5.27. The second-order valence-electron chi connectivity index (χ2n) is 12.5. The van der Waals surface area contributed by atoms with E-state index >= 15 is 4.39 Å². The van der Waals surface area contributed by atoms with Crippen LogP contribution in [0.2, 0.25) is 0 Å². The molecule has 0 bridgehead atoms. The highest BCUT2D eigenvalue weighted by Gasteiger charge is 2.37. The number of amides is 1. The molecule has 3 aromatic heterocycles. The second kappa shape index (κ2) is 10.2. The fraction of sp³-hybridized carbons (Fsp3) is 0.375. The zero-order valence-corrected chi connectivity index (χ0v) is 26.1. The van der Waals surface area contributed by atoms with Crippen LogP contribution in [0.25, 0.3) is 28.1 Å². The van der Waals surface area contributed by atoms with Gasteiger partial charge < -0.3 is 9.64 Å². The van der Waals surface area contributed by atoms with Gasteiger partial charge in [-0.3, -0.25) is 9.13 Å². The number of carbonyl (C=O) groups excluding carboxylic acids is 1. The van der Waals surface area contributed by atoms with Crippen LogP contribution in [-0.4, -0.2) is 46.7 Å². The molecular weight excluding hydrogens is 568 g/mol. The Kier molecular flexibility index (Phi) is 6.78. The molecule has 0 radical (unpaired) electrons. The highest BCUT2D eigenvalue weighted by molar-refractivity contribution is 5.81. The topological polar surface area (TPSA) is 83.1 Å². The van der Waals surface area contributed by atoms with Crippen LogP contribution < -0.4 is 10.4 Å². The number of carbonyl (C=O) groups is 1. The first-order valence-electron chi connectivity index (χ1n) is 14.5. The molecule has 12 heteroatoms.